The lowest BCUT2D eigenvalue weighted by atomic mass is 10.1. The summed E-state index contributed by atoms with van der Waals surface area (Å²) >= 11 is 0. The van der Waals surface area contributed by atoms with Crippen molar-refractivity contribution in [3.63, 3.8) is 0 Å². The predicted octanol–water partition coefficient (Wildman–Crippen LogP) is 5.22. The van der Waals surface area contributed by atoms with Gasteiger partial charge >= 0.3 is 0 Å². The van der Waals surface area contributed by atoms with Crippen LogP contribution in [-0.4, -0.2) is 22.8 Å². The van der Waals surface area contributed by atoms with Gasteiger partial charge in [0.15, 0.2) is 0 Å². The van der Waals surface area contributed by atoms with Crippen LogP contribution in [0, 0.1) is 6.92 Å². The molecule has 0 bridgehead atoms. The lowest BCUT2D eigenvalue weighted by molar-refractivity contribution is 0.0685. The molecule has 1 aliphatic rings. The van der Waals surface area contributed by atoms with Gasteiger partial charge in [0.2, 0.25) is 0 Å². The summed E-state index contributed by atoms with van der Waals surface area (Å²) in [6.07, 6.45) is -0.235. The Morgan fingerprint density at radius 3 is 2.20 bits per heavy atom. The lowest BCUT2D eigenvalue weighted by Crippen LogP contribution is -2.37. The lowest BCUT2D eigenvalue weighted by Gasteiger charge is -2.30. The monoisotopic (exact) mass is 399 g/mol. The van der Waals surface area contributed by atoms with E-state index in [4.69, 9.17) is 0 Å². The van der Waals surface area contributed by atoms with Crippen LogP contribution in [0.3, 0.4) is 0 Å². The van der Waals surface area contributed by atoms with Gasteiger partial charge in [0.25, 0.3) is 11.8 Å². The Kier molecular flexibility index (Phi) is 5.27. The minimum Gasteiger partial charge on any atom is -0.361 e. The molecule has 0 spiro atoms. The molecule has 4 rings (SSSR count). The highest BCUT2D eigenvalue weighted by Crippen LogP contribution is 2.35. The van der Waals surface area contributed by atoms with Crippen molar-refractivity contribution >= 4 is 23.2 Å². The first kappa shape index (κ1) is 19.7. The zero-order chi connectivity index (χ0) is 21.3. The summed E-state index contributed by atoms with van der Waals surface area (Å²) in [5.41, 5.74) is 5.04. The van der Waals surface area contributed by atoms with Crippen molar-refractivity contribution in [1.29, 1.82) is 0 Å². The van der Waals surface area contributed by atoms with Gasteiger partial charge in [-0.1, -0.05) is 35.9 Å². The number of fused-ring (bicyclic) bond motifs is 1. The van der Waals surface area contributed by atoms with Gasteiger partial charge in [-0.25, -0.2) is 0 Å². The summed E-state index contributed by atoms with van der Waals surface area (Å²) in [5.74, 6) is -0.122. The Balaban J connectivity index is 1.51. The molecule has 0 saturated carbocycles. The minimum atomic E-state index is -0.235. The molecule has 3 aromatic carbocycles. The molecule has 1 heterocycles. The number of benzene rings is 3. The van der Waals surface area contributed by atoms with E-state index in [1.165, 1.54) is 0 Å². The van der Waals surface area contributed by atoms with Gasteiger partial charge < -0.3 is 15.5 Å². The molecule has 0 aromatic heterocycles. The first-order chi connectivity index (χ1) is 14.4. The highest BCUT2D eigenvalue weighted by atomic mass is 16.2. The number of nitrogens with one attached hydrogen (secondary N) is 2. The van der Waals surface area contributed by atoms with Crippen molar-refractivity contribution in [3.05, 3.63) is 95.1 Å². The molecule has 1 aliphatic heterocycles. The maximum absolute atomic E-state index is 12.8. The molecule has 30 heavy (non-hydrogen) atoms. The first-order valence-corrected chi connectivity index (χ1v) is 10.1. The zero-order valence-corrected chi connectivity index (χ0v) is 17.3. The molecule has 0 unspecified atom stereocenters. The second-order valence-electron chi connectivity index (χ2n) is 7.84. The van der Waals surface area contributed by atoms with E-state index >= 15 is 0 Å². The van der Waals surface area contributed by atoms with Crippen LogP contribution in [0.5, 0.6) is 0 Å². The van der Waals surface area contributed by atoms with Crippen molar-refractivity contribution in [2.24, 2.45) is 0 Å². The van der Waals surface area contributed by atoms with Crippen molar-refractivity contribution in [2.75, 3.05) is 10.6 Å². The van der Waals surface area contributed by atoms with E-state index in [1.807, 2.05) is 86.3 Å². The predicted molar refractivity (Wildman–Crippen MR) is 120 cm³/mol. The van der Waals surface area contributed by atoms with E-state index in [0.717, 1.165) is 28.1 Å². The maximum atomic E-state index is 12.8. The summed E-state index contributed by atoms with van der Waals surface area (Å²) < 4.78 is 0. The van der Waals surface area contributed by atoms with E-state index in [9.17, 15) is 9.59 Å². The van der Waals surface area contributed by atoms with Crippen molar-refractivity contribution in [3.8, 4) is 0 Å². The smallest absolute Gasteiger partial charge is 0.256 e. The molecular weight excluding hydrogens is 374 g/mol. The molecule has 5 heteroatoms. The van der Waals surface area contributed by atoms with Gasteiger partial charge in [0.05, 0.1) is 0 Å². The van der Waals surface area contributed by atoms with Crippen molar-refractivity contribution < 1.29 is 9.59 Å². The van der Waals surface area contributed by atoms with E-state index < -0.39 is 0 Å². The fourth-order valence-corrected chi connectivity index (χ4v) is 3.73. The Hall–Kier alpha value is -3.60. The second-order valence-corrected chi connectivity index (χ2v) is 7.84. The fraction of sp³-hybridized carbons (Fsp3) is 0.200. The van der Waals surface area contributed by atoms with Crippen LogP contribution in [0.1, 0.15) is 51.9 Å². The number of carbonyl (C=O) groups excluding carboxylic acids is 2. The van der Waals surface area contributed by atoms with Gasteiger partial charge in [0.1, 0.15) is 6.17 Å². The standard InChI is InChI=1S/C25H25N3O2/c1-16(2)28-23(21-6-4-5-7-22(21)25(28)30)26-19-14-10-18(11-15-19)24(29)27-20-12-8-17(3)9-13-20/h4-16,23,26H,1-3H3,(H,27,29)/t23-/m1/s1. The average molecular weight is 399 g/mol. The third kappa shape index (κ3) is 3.79. The molecular formula is C25H25N3O2. The molecule has 0 fully saturated rings. The molecule has 0 radical (unpaired) electrons. The summed E-state index contributed by atoms with van der Waals surface area (Å²) in [6.45, 7) is 6.03. The Morgan fingerprint density at radius 2 is 1.53 bits per heavy atom. The summed E-state index contributed by atoms with van der Waals surface area (Å²) in [4.78, 5) is 27.2. The topological polar surface area (TPSA) is 61.4 Å². The van der Waals surface area contributed by atoms with Crippen LogP contribution in [0.15, 0.2) is 72.8 Å². The second kappa shape index (κ2) is 8.03. The third-order valence-corrected chi connectivity index (χ3v) is 5.31. The molecule has 152 valence electrons. The zero-order valence-electron chi connectivity index (χ0n) is 17.3. The van der Waals surface area contributed by atoms with Gasteiger partial charge in [-0.3, -0.25) is 9.59 Å². The number of aryl methyl sites for hydroxylation is 1. The summed E-state index contributed by atoms with van der Waals surface area (Å²) in [6, 6.07) is 22.8. The third-order valence-electron chi connectivity index (χ3n) is 5.31. The largest absolute Gasteiger partial charge is 0.361 e. The minimum absolute atomic E-state index is 0.0344. The molecule has 3 aromatic rings. The van der Waals surface area contributed by atoms with Crippen LogP contribution >= 0.6 is 0 Å². The maximum Gasteiger partial charge on any atom is 0.256 e. The number of hydrogen-bond donors (Lipinski definition) is 2. The van der Waals surface area contributed by atoms with E-state index in [2.05, 4.69) is 10.6 Å². The fourth-order valence-electron chi connectivity index (χ4n) is 3.73. The molecule has 0 saturated heterocycles. The Labute approximate surface area is 176 Å². The van der Waals surface area contributed by atoms with E-state index in [1.54, 1.807) is 12.1 Å². The number of carbonyl (C=O) groups is 2. The first-order valence-electron chi connectivity index (χ1n) is 10.1. The van der Waals surface area contributed by atoms with Crippen LogP contribution in [0.4, 0.5) is 11.4 Å². The quantitative estimate of drug-likeness (QED) is 0.618. The molecule has 2 amide bonds. The van der Waals surface area contributed by atoms with Gasteiger partial charge in [-0.2, -0.15) is 0 Å². The van der Waals surface area contributed by atoms with Gasteiger partial charge in [0, 0.05) is 34.1 Å². The Morgan fingerprint density at radius 1 is 0.900 bits per heavy atom. The number of anilines is 2. The number of amides is 2. The highest BCUT2D eigenvalue weighted by molar-refractivity contribution is 6.04. The van der Waals surface area contributed by atoms with Crippen LogP contribution < -0.4 is 10.6 Å². The average Bonchev–Trinajstić information content (AvgIpc) is 3.02. The van der Waals surface area contributed by atoms with Gasteiger partial charge in [-0.05, 0) is 63.2 Å². The molecule has 2 N–H and O–H groups in total. The summed E-state index contributed by atoms with van der Waals surface area (Å²) in [5, 5.41) is 6.36. The number of rotatable bonds is 5. The number of nitrogens with zero attached hydrogens (tertiary/aromatic N) is 1. The van der Waals surface area contributed by atoms with Crippen LogP contribution in [0.25, 0.3) is 0 Å². The normalized spacial score (nSPS) is 15.3. The highest BCUT2D eigenvalue weighted by Gasteiger charge is 2.37. The van der Waals surface area contributed by atoms with Crippen LogP contribution in [-0.2, 0) is 0 Å². The SMILES string of the molecule is Cc1ccc(NC(=O)c2ccc(N[C@H]3c4ccccc4C(=O)N3C(C)C)cc2)cc1. The van der Waals surface area contributed by atoms with Crippen LogP contribution in [0.2, 0.25) is 0 Å². The summed E-state index contributed by atoms with van der Waals surface area (Å²) in [7, 11) is 0. The molecule has 5 nitrogen and oxygen atoms in total. The van der Waals surface area contributed by atoms with E-state index in [-0.39, 0.29) is 24.0 Å². The molecule has 1 atom stereocenters. The molecule has 0 aliphatic carbocycles. The Bertz CT molecular complexity index is 1070. The van der Waals surface area contributed by atoms with Crippen molar-refractivity contribution in [2.45, 2.75) is 33.0 Å². The van der Waals surface area contributed by atoms with Crippen molar-refractivity contribution in [1.82, 2.24) is 4.90 Å². The van der Waals surface area contributed by atoms with E-state index in [0.29, 0.717) is 5.56 Å². The number of hydrogen-bond acceptors (Lipinski definition) is 3. The van der Waals surface area contributed by atoms with Gasteiger partial charge in [-0.15, -0.1) is 0 Å².